The first-order chi connectivity index (χ1) is 14.1. The first kappa shape index (κ1) is 19.7. The van der Waals surface area contributed by atoms with Crippen LogP contribution in [0.1, 0.15) is 34.1 Å². The lowest BCUT2D eigenvalue weighted by Crippen LogP contribution is -2.22. The molecule has 9 heteroatoms. The van der Waals surface area contributed by atoms with Gasteiger partial charge in [0.25, 0.3) is 0 Å². The molecular formula is C20H21N3O4S2. The molecule has 4 rings (SSSR count). The average Bonchev–Trinajstić information content (AvgIpc) is 3.39. The third-order valence-corrected chi connectivity index (χ3v) is 6.83. The van der Waals surface area contributed by atoms with Crippen LogP contribution in [-0.4, -0.2) is 37.1 Å². The first-order valence-electron chi connectivity index (χ1n) is 9.39. The van der Waals surface area contributed by atoms with Gasteiger partial charge in [-0.15, -0.1) is 11.3 Å². The zero-order valence-corrected chi connectivity index (χ0v) is 17.8. The number of thiophene rings is 1. The SMILES string of the molecule is CCOC(=O)c1c(NC(=O)CNc2nc3ccc(OC)cc3s2)sc2c1CCC2. The predicted octanol–water partition coefficient (Wildman–Crippen LogP) is 4.08. The van der Waals surface area contributed by atoms with Crippen molar-refractivity contribution in [3.63, 3.8) is 0 Å². The zero-order chi connectivity index (χ0) is 20.4. The number of hydrogen-bond acceptors (Lipinski definition) is 8. The fourth-order valence-corrected chi connectivity index (χ4v) is 5.53. The number of amides is 1. The van der Waals surface area contributed by atoms with Gasteiger partial charge in [-0.2, -0.15) is 0 Å². The number of thiazole rings is 1. The highest BCUT2D eigenvalue weighted by Crippen LogP contribution is 2.39. The Morgan fingerprint density at radius 2 is 2.10 bits per heavy atom. The van der Waals surface area contributed by atoms with Gasteiger partial charge in [0.15, 0.2) is 5.13 Å². The molecule has 2 aromatic heterocycles. The van der Waals surface area contributed by atoms with Crippen LogP contribution < -0.4 is 15.4 Å². The number of esters is 1. The maximum absolute atomic E-state index is 12.5. The molecule has 0 radical (unpaired) electrons. The summed E-state index contributed by atoms with van der Waals surface area (Å²) >= 11 is 2.93. The van der Waals surface area contributed by atoms with Crippen molar-refractivity contribution < 1.29 is 19.1 Å². The van der Waals surface area contributed by atoms with E-state index in [4.69, 9.17) is 9.47 Å². The summed E-state index contributed by atoms with van der Waals surface area (Å²) in [5.41, 5.74) is 2.39. The number of carbonyl (C=O) groups excluding carboxylic acids is 2. The van der Waals surface area contributed by atoms with E-state index in [1.54, 1.807) is 14.0 Å². The van der Waals surface area contributed by atoms with E-state index < -0.39 is 0 Å². The summed E-state index contributed by atoms with van der Waals surface area (Å²) in [6.45, 7) is 2.14. The van der Waals surface area contributed by atoms with Crippen LogP contribution in [0, 0.1) is 0 Å². The Balaban J connectivity index is 1.44. The molecule has 7 nitrogen and oxygen atoms in total. The van der Waals surface area contributed by atoms with Crippen LogP contribution in [0.2, 0.25) is 0 Å². The van der Waals surface area contributed by atoms with E-state index in [0.717, 1.165) is 45.7 Å². The number of aromatic nitrogens is 1. The van der Waals surface area contributed by atoms with Crippen LogP contribution in [0.4, 0.5) is 10.1 Å². The molecule has 0 saturated heterocycles. The predicted molar refractivity (Wildman–Crippen MR) is 116 cm³/mol. The molecule has 1 aliphatic carbocycles. The third kappa shape index (κ3) is 4.06. The summed E-state index contributed by atoms with van der Waals surface area (Å²) in [5.74, 6) is 0.172. The number of hydrogen-bond donors (Lipinski definition) is 2. The molecule has 3 aromatic rings. The monoisotopic (exact) mass is 431 g/mol. The van der Waals surface area contributed by atoms with E-state index in [0.29, 0.717) is 22.3 Å². The van der Waals surface area contributed by atoms with Gasteiger partial charge in [0.1, 0.15) is 10.8 Å². The van der Waals surface area contributed by atoms with E-state index in [2.05, 4.69) is 15.6 Å². The van der Waals surface area contributed by atoms with Gasteiger partial charge in [-0.1, -0.05) is 11.3 Å². The van der Waals surface area contributed by atoms with Crippen LogP contribution in [0.5, 0.6) is 5.75 Å². The number of nitrogens with one attached hydrogen (secondary N) is 2. The fraction of sp³-hybridized carbons (Fsp3) is 0.350. The minimum absolute atomic E-state index is 0.0573. The maximum atomic E-state index is 12.5. The van der Waals surface area contributed by atoms with E-state index >= 15 is 0 Å². The van der Waals surface area contributed by atoms with Crippen molar-refractivity contribution in [2.45, 2.75) is 26.2 Å². The molecule has 0 fully saturated rings. The summed E-state index contributed by atoms with van der Waals surface area (Å²) in [6, 6.07) is 5.65. The zero-order valence-electron chi connectivity index (χ0n) is 16.2. The molecule has 1 amide bonds. The third-order valence-electron chi connectivity index (χ3n) is 4.65. The quantitative estimate of drug-likeness (QED) is 0.548. The lowest BCUT2D eigenvalue weighted by Gasteiger charge is -2.08. The summed E-state index contributed by atoms with van der Waals surface area (Å²) in [5, 5.41) is 7.17. The van der Waals surface area contributed by atoms with Gasteiger partial charge in [0.2, 0.25) is 5.91 Å². The van der Waals surface area contributed by atoms with E-state index in [1.807, 2.05) is 18.2 Å². The second kappa shape index (κ2) is 8.38. The fourth-order valence-electron chi connectivity index (χ4n) is 3.35. The van der Waals surface area contributed by atoms with Crippen molar-refractivity contribution in [1.82, 2.24) is 4.98 Å². The number of benzene rings is 1. The van der Waals surface area contributed by atoms with Gasteiger partial charge in [-0.05, 0) is 49.9 Å². The van der Waals surface area contributed by atoms with Crippen molar-refractivity contribution in [2.75, 3.05) is 30.9 Å². The van der Waals surface area contributed by atoms with Gasteiger partial charge in [-0.25, -0.2) is 9.78 Å². The number of ether oxygens (including phenoxy) is 2. The highest BCUT2D eigenvalue weighted by atomic mass is 32.1. The minimum atomic E-state index is -0.365. The van der Waals surface area contributed by atoms with Crippen molar-refractivity contribution in [1.29, 1.82) is 0 Å². The molecule has 152 valence electrons. The second-order valence-corrected chi connectivity index (χ2v) is 8.67. The highest BCUT2D eigenvalue weighted by molar-refractivity contribution is 7.22. The van der Waals surface area contributed by atoms with Gasteiger partial charge in [0.05, 0.1) is 36.0 Å². The van der Waals surface area contributed by atoms with Gasteiger partial charge >= 0.3 is 5.97 Å². The maximum Gasteiger partial charge on any atom is 0.341 e. The Labute approximate surface area is 176 Å². The number of rotatable bonds is 7. The standard InChI is InChI=1S/C20H21N3O4S2/c1-3-27-19(25)17-12-5-4-6-14(12)28-18(17)23-16(24)10-21-20-22-13-8-7-11(26-2)9-15(13)29-20/h7-9H,3-6,10H2,1-2H3,(H,21,22)(H,23,24). The van der Waals surface area contributed by atoms with E-state index in [-0.39, 0.29) is 18.4 Å². The van der Waals surface area contributed by atoms with Crippen molar-refractivity contribution in [2.24, 2.45) is 0 Å². The smallest absolute Gasteiger partial charge is 0.341 e. The highest BCUT2D eigenvalue weighted by Gasteiger charge is 2.28. The van der Waals surface area contributed by atoms with Gasteiger partial charge in [-0.3, -0.25) is 4.79 Å². The molecule has 0 aliphatic heterocycles. The van der Waals surface area contributed by atoms with Crippen LogP contribution in [-0.2, 0) is 22.4 Å². The largest absolute Gasteiger partial charge is 0.497 e. The Morgan fingerprint density at radius 1 is 1.24 bits per heavy atom. The Morgan fingerprint density at radius 3 is 2.90 bits per heavy atom. The second-order valence-electron chi connectivity index (χ2n) is 6.54. The summed E-state index contributed by atoms with van der Waals surface area (Å²) < 4.78 is 11.4. The number of carbonyl (C=O) groups is 2. The van der Waals surface area contributed by atoms with Crippen molar-refractivity contribution in [3.05, 3.63) is 34.2 Å². The molecule has 1 aromatic carbocycles. The Kier molecular flexibility index (Phi) is 5.68. The topological polar surface area (TPSA) is 89.5 Å². The molecule has 1 aliphatic rings. The molecule has 2 N–H and O–H groups in total. The number of aryl methyl sites for hydroxylation is 1. The molecule has 0 spiro atoms. The normalized spacial score (nSPS) is 12.6. The lowest BCUT2D eigenvalue weighted by molar-refractivity contribution is -0.114. The minimum Gasteiger partial charge on any atom is -0.497 e. The van der Waals surface area contributed by atoms with Crippen molar-refractivity contribution in [3.8, 4) is 5.75 Å². The Hall–Kier alpha value is -2.65. The van der Waals surface area contributed by atoms with Crippen LogP contribution in [0.3, 0.4) is 0 Å². The van der Waals surface area contributed by atoms with Crippen LogP contribution >= 0.6 is 22.7 Å². The molecule has 2 heterocycles. The lowest BCUT2D eigenvalue weighted by atomic mass is 10.1. The summed E-state index contributed by atoms with van der Waals surface area (Å²) in [6.07, 6.45) is 2.82. The van der Waals surface area contributed by atoms with E-state index in [9.17, 15) is 9.59 Å². The number of nitrogens with zero attached hydrogens (tertiary/aromatic N) is 1. The average molecular weight is 432 g/mol. The van der Waals surface area contributed by atoms with E-state index in [1.165, 1.54) is 22.7 Å². The molecule has 0 atom stereocenters. The summed E-state index contributed by atoms with van der Waals surface area (Å²) in [4.78, 5) is 30.5. The first-order valence-corrected chi connectivity index (χ1v) is 11.0. The number of methoxy groups -OCH3 is 1. The molecule has 0 saturated carbocycles. The molecular weight excluding hydrogens is 410 g/mol. The molecule has 0 unspecified atom stereocenters. The van der Waals surface area contributed by atoms with Gasteiger partial charge < -0.3 is 20.1 Å². The molecule has 0 bridgehead atoms. The molecule has 29 heavy (non-hydrogen) atoms. The van der Waals surface area contributed by atoms with Crippen LogP contribution in [0.15, 0.2) is 18.2 Å². The number of anilines is 2. The van der Waals surface area contributed by atoms with Crippen molar-refractivity contribution >= 4 is 54.9 Å². The number of fused-ring (bicyclic) bond motifs is 2. The van der Waals surface area contributed by atoms with Crippen LogP contribution in [0.25, 0.3) is 10.2 Å². The Bertz CT molecular complexity index is 1070. The van der Waals surface area contributed by atoms with Gasteiger partial charge in [0, 0.05) is 4.88 Å². The summed E-state index contributed by atoms with van der Waals surface area (Å²) in [7, 11) is 1.62.